The molecule has 0 heterocycles. The molecule has 0 spiro atoms. The van der Waals surface area contributed by atoms with Crippen molar-refractivity contribution < 1.29 is 14.0 Å². The van der Waals surface area contributed by atoms with Crippen molar-refractivity contribution in [2.45, 2.75) is 64.8 Å². The quantitative estimate of drug-likeness (QED) is 0.482. The zero-order valence-corrected chi connectivity index (χ0v) is 19.3. The molecule has 0 unspecified atom stereocenters. The third-order valence-corrected chi connectivity index (χ3v) is 11.5. The Balaban J connectivity index is 1.89. The summed E-state index contributed by atoms with van der Waals surface area (Å²) < 4.78 is 6.85. The monoisotopic (exact) mass is 406 g/mol. The van der Waals surface area contributed by atoms with Crippen LogP contribution in [0.4, 0.5) is 0 Å². The van der Waals surface area contributed by atoms with E-state index in [1.54, 1.807) is 12.1 Å². The first kappa shape index (κ1) is 20.2. The van der Waals surface area contributed by atoms with Crippen LogP contribution in [-0.4, -0.2) is 19.9 Å². The van der Waals surface area contributed by atoms with Gasteiger partial charge in [0.25, 0.3) is 0 Å². The standard InChI is InChI=1S/C25H30O3Si/c1-15-13-16-11-12-19-22(24(27)18-10-8-7-9-17(18)23(19)26)21(16)20(14-15)28-29(5,6)25(2,3)4/h7-12,15,20H,13-14H2,1-6H3/t15-,20-/m1/s1. The summed E-state index contributed by atoms with van der Waals surface area (Å²) in [5.74, 6) is 0.394. The maximum atomic E-state index is 13.5. The van der Waals surface area contributed by atoms with Crippen molar-refractivity contribution in [2.75, 3.05) is 0 Å². The number of ketones is 2. The first-order chi connectivity index (χ1) is 13.5. The fourth-order valence-electron chi connectivity index (χ4n) is 4.38. The van der Waals surface area contributed by atoms with Gasteiger partial charge in [-0.15, -0.1) is 0 Å². The minimum atomic E-state index is -2.04. The summed E-state index contributed by atoms with van der Waals surface area (Å²) >= 11 is 0. The van der Waals surface area contributed by atoms with Crippen LogP contribution < -0.4 is 0 Å². The summed E-state index contributed by atoms with van der Waals surface area (Å²) in [5, 5.41) is 0.0785. The average molecular weight is 407 g/mol. The fraction of sp³-hybridized carbons (Fsp3) is 0.440. The van der Waals surface area contributed by atoms with E-state index in [-0.39, 0.29) is 22.7 Å². The third kappa shape index (κ3) is 3.23. The Bertz CT molecular complexity index is 1010. The first-order valence-corrected chi connectivity index (χ1v) is 13.4. The summed E-state index contributed by atoms with van der Waals surface area (Å²) in [6.45, 7) is 13.5. The molecule has 29 heavy (non-hydrogen) atoms. The summed E-state index contributed by atoms with van der Waals surface area (Å²) in [6.07, 6.45) is 1.67. The molecule has 2 aromatic rings. The molecule has 152 valence electrons. The van der Waals surface area contributed by atoms with Gasteiger partial charge in [0.1, 0.15) is 0 Å². The predicted molar refractivity (Wildman–Crippen MR) is 118 cm³/mol. The molecular weight excluding hydrogens is 376 g/mol. The molecule has 0 bridgehead atoms. The maximum Gasteiger partial charge on any atom is 0.194 e. The molecule has 0 aromatic heterocycles. The van der Waals surface area contributed by atoms with Crippen molar-refractivity contribution in [2.24, 2.45) is 5.92 Å². The van der Waals surface area contributed by atoms with E-state index in [0.717, 1.165) is 24.0 Å². The SMILES string of the molecule is C[C@@H]1Cc2ccc3c(c2[C@H](O[Si](C)(C)C(C)(C)C)C1)C(=O)c1ccccc1C3=O. The summed E-state index contributed by atoms with van der Waals surface area (Å²) in [5.41, 5.74) is 4.27. The molecule has 0 aliphatic heterocycles. The normalized spacial score (nSPS) is 21.4. The highest BCUT2D eigenvalue weighted by atomic mass is 28.4. The van der Waals surface area contributed by atoms with E-state index in [0.29, 0.717) is 28.2 Å². The van der Waals surface area contributed by atoms with Crippen LogP contribution >= 0.6 is 0 Å². The van der Waals surface area contributed by atoms with Gasteiger partial charge in [-0.05, 0) is 54.1 Å². The van der Waals surface area contributed by atoms with E-state index < -0.39 is 8.32 Å². The second kappa shape index (κ2) is 6.75. The van der Waals surface area contributed by atoms with E-state index in [1.165, 1.54) is 0 Å². The largest absolute Gasteiger partial charge is 0.410 e. The Morgan fingerprint density at radius 2 is 1.55 bits per heavy atom. The number of fused-ring (bicyclic) bond motifs is 4. The number of carbonyl (C=O) groups excluding carboxylic acids is 2. The second-order valence-electron chi connectivity index (χ2n) is 10.2. The zero-order valence-electron chi connectivity index (χ0n) is 18.3. The van der Waals surface area contributed by atoms with Gasteiger partial charge >= 0.3 is 0 Å². The van der Waals surface area contributed by atoms with Crippen molar-refractivity contribution in [3.8, 4) is 0 Å². The molecule has 2 aliphatic rings. The Kier molecular flexibility index (Phi) is 4.71. The van der Waals surface area contributed by atoms with Crippen LogP contribution in [-0.2, 0) is 10.8 Å². The Hall–Kier alpha value is -2.04. The highest BCUT2D eigenvalue weighted by Crippen LogP contribution is 2.46. The Morgan fingerprint density at radius 1 is 0.931 bits per heavy atom. The lowest BCUT2D eigenvalue weighted by atomic mass is 9.74. The molecule has 2 atom stereocenters. The molecule has 4 heteroatoms. The number of carbonyl (C=O) groups is 2. The maximum absolute atomic E-state index is 13.5. The molecule has 0 fully saturated rings. The molecule has 0 amide bonds. The minimum absolute atomic E-state index is 0.0366. The lowest BCUT2D eigenvalue weighted by molar-refractivity contribution is 0.0968. The molecular formula is C25H30O3Si. The highest BCUT2D eigenvalue weighted by molar-refractivity contribution is 6.74. The van der Waals surface area contributed by atoms with Crippen LogP contribution in [0.25, 0.3) is 0 Å². The number of hydrogen-bond acceptors (Lipinski definition) is 3. The topological polar surface area (TPSA) is 43.4 Å². The lowest BCUT2D eigenvalue weighted by Crippen LogP contribution is -2.43. The molecule has 0 saturated heterocycles. The van der Waals surface area contributed by atoms with Gasteiger partial charge in [0, 0.05) is 22.3 Å². The third-order valence-electron chi connectivity index (χ3n) is 6.97. The first-order valence-electron chi connectivity index (χ1n) is 10.5. The molecule has 4 rings (SSSR count). The van der Waals surface area contributed by atoms with Crippen LogP contribution in [0, 0.1) is 5.92 Å². The van der Waals surface area contributed by atoms with E-state index in [1.807, 2.05) is 24.3 Å². The average Bonchev–Trinajstić information content (AvgIpc) is 2.64. The molecule has 2 aromatic carbocycles. The van der Waals surface area contributed by atoms with Crippen LogP contribution in [0.1, 0.15) is 83.2 Å². The van der Waals surface area contributed by atoms with Crippen molar-refractivity contribution in [3.05, 3.63) is 69.8 Å². The van der Waals surface area contributed by atoms with E-state index in [9.17, 15) is 9.59 Å². The van der Waals surface area contributed by atoms with Crippen molar-refractivity contribution in [1.29, 1.82) is 0 Å². The van der Waals surface area contributed by atoms with Crippen molar-refractivity contribution in [1.82, 2.24) is 0 Å². The van der Waals surface area contributed by atoms with Gasteiger partial charge in [-0.25, -0.2) is 0 Å². The van der Waals surface area contributed by atoms with Gasteiger partial charge in [0.15, 0.2) is 19.9 Å². The van der Waals surface area contributed by atoms with Gasteiger partial charge < -0.3 is 4.43 Å². The minimum Gasteiger partial charge on any atom is -0.410 e. The second-order valence-corrected chi connectivity index (χ2v) is 14.9. The Morgan fingerprint density at radius 3 is 2.17 bits per heavy atom. The summed E-state index contributed by atoms with van der Waals surface area (Å²) in [4.78, 5) is 26.7. The summed E-state index contributed by atoms with van der Waals surface area (Å²) in [7, 11) is -2.04. The number of rotatable bonds is 2. The zero-order chi connectivity index (χ0) is 21.1. The van der Waals surface area contributed by atoms with Gasteiger partial charge in [-0.3, -0.25) is 9.59 Å². The van der Waals surface area contributed by atoms with Crippen molar-refractivity contribution in [3.63, 3.8) is 0 Å². The van der Waals surface area contributed by atoms with Crippen LogP contribution in [0.2, 0.25) is 18.1 Å². The van der Waals surface area contributed by atoms with Gasteiger partial charge in [-0.1, -0.05) is 58.0 Å². The van der Waals surface area contributed by atoms with Crippen LogP contribution in [0.15, 0.2) is 36.4 Å². The van der Waals surface area contributed by atoms with Gasteiger partial charge in [0.05, 0.1) is 6.10 Å². The number of hydrogen-bond donors (Lipinski definition) is 0. The predicted octanol–water partition coefficient (Wildman–Crippen LogP) is 6.11. The molecule has 3 nitrogen and oxygen atoms in total. The highest BCUT2D eigenvalue weighted by Gasteiger charge is 2.43. The van der Waals surface area contributed by atoms with Crippen molar-refractivity contribution >= 4 is 19.9 Å². The molecule has 0 saturated carbocycles. The lowest BCUT2D eigenvalue weighted by Gasteiger charge is -2.42. The van der Waals surface area contributed by atoms with E-state index in [4.69, 9.17) is 4.43 Å². The summed E-state index contributed by atoms with van der Waals surface area (Å²) in [6, 6.07) is 11.1. The molecule has 0 radical (unpaired) electrons. The van der Waals surface area contributed by atoms with E-state index >= 15 is 0 Å². The van der Waals surface area contributed by atoms with E-state index in [2.05, 4.69) is 40.8 Å². The van der Waals surface area contributed by atoms with Crippen LogP contribution in [0.5, 0.6) is 0 Å². The Labute approximate surface area is 174 Å². The van der Waals surface area contributed by atoms with Gasteiger partial charge in [-0.2, -0.15) is 0 Å². The van der Waals surface area contributed by atoms with Gasteiger partial charge in [0.2, 0.25) is 0 Å². The molecule has 2 aliphatic carbocycles. The number of benzene rings is 2. The fourth-order valence-corrected chi connectivity index (χ4v) is 5.66. The van der Waals surface area contributed by atoms with Crippen LogP contribution in [0.3, 0.4) is 0 Å². The smallest absolute Gasteiger partial charge is 0.194 e. The molecule has 0 N–H and O–H groups in total.